The number of aromatic nitrogens is 2. The van der Waals surface area contributed by atoms with Gasteiger partial charge in [0.05, 0.1) is 0 Å². The second kappa shape index (κ2) is 4.40. The third-order valence-corrected chi connectivity index (χ3v) is 2.80. The van der Waals surface area contributed by atoms with Crippen molar-refractivity contribution in [2.24, 2.45) is 7.05 Å². The largest absolute Gasteiger partial charge is 0.391 e. The van der Waals surface area contributed by atoms with Crippen LogP contribution in [0.25, 0.3) is 0 Å². The number of nitrogen functional groups attached to an aromatic ring is 1. The zero-order chi connectivity index (χ0) is 13.3. The summed E-state index contributed by atoms with van der Waals surface area (Å²) in [6, 6.07) is 9.32. The molecule has 0 aliphatic heterocycles. The second-order valence-corrected chi connectivity index (χ2v) is 3.95. The molecule has 1 aromatic carbocycles. The molecule has 1 heterocycles. The van der Waals surface area contributed by atoms with Crippen LogP contribution in [0.2, 0.25) is 0 Å². The Morgan fingerprint density at radius 1 is 1.22 bits per heavy atom. The average molecular weight is 246 g/mol. The van der Waals surface area contributed by atoms with E-state index in [2.05, 4.69) is 4.98 Å². The lowest BCUT2D eigenvalue weighted by Gasteiger charge is -2.20. The highest BCUT2D eigenvalue weighted by molar-refractivity contribution is 5.69. The molecule has 0 unspecified atom stereocenters. The average Bonchev–Trinajstić information content (AvgIpc) is 2.41. The molecular formula is C12H14N4O2. The predicted molar refractivity (Wildman–Crippen MR) is 71.2 cm³/mol. The minimum atomic E-state index is -0.503. The predicted octanol–water partition coefficient (Wildman–Crippen LogP) is 0.424. The van der Waals surface area contributed by atoms with Gasteiger partial charge in [-0.3, -0.25) is 14.3 Å². The summed E-state index contributed by atoms with van der Waals surface area (Å²) in [6.07, 6.45) is 0. The number of rotatable bonds is 2. The topological polar surface area (TPSA) is 84.1 Å². The lowest BCUT2D eigenvalue weighted by Crippen LogP contribution is -2.36. The number of hydrogen-bond donors (Lipinski definition) is 2. The van der Waals surface area contributed by atoms with Crippen LogP contribution in [-0.2, 0) is 7.05 Å². The molecule has 0 aliphatic carbocycles. The minimum Gasteiger partial charge on any atom is -0.391 e. The van der Waals surface area contributed by atoms with E-state index in [9.17, 15) is 9.59 Å². The summed E-state index contributed by atoms with van der Waals surface area (Å²) in [5.74, 6) is 0.300. The van der Waals surface area contributed by atoms with Gasteiger partial charge in [-0.2, -0.15) is 0 Å². The van der Waals surface area contributed by atoms with Gasteiger partial charge in [-0.25, -0.2) is 4.79 Å². The standard InChI is InChI=1S/C12H14N4O2/c1-15(8-6-4-3-5-7-8)10-9(13)11(17)16(2)12(18)14-10/h3-7H,13H2,1-2H3,(H,14,18). The van der Waals surface area contributed by atoms with Gasteiger partial charge in [-0.15, -0.1) is 0 Å². The van der Waals surface area contributed by atoms with Crippen molar-refractivity contribution in [3.8, 4) is 0 Å². The van der Waals surface area contributed by atoms with E-state index in [1.54, 1.807) is 11.9 Å². The van der Waals surface area contributed by atoms with E-state index in [4.69, 9.17) is 5.73 Å². The quantitative estimate of drug-likeness (QED) is 0.804. The van der Waals surface area contributed by atoms with Crippen molar-refractivity contribution in [2.75, 3.05) is 17.7 Å². The van der Waals surface area contributed by atoms with Crippen LogP contribution >= 0.6 is 0 Å². The van der Waals surface area contributed by atoms with Crippen LogP contribution in [0.4, 0.5) is 17.2 Å². The maximum Gasteiger partial charge on any atom is 0.329 e. The van der Waals surface area contributed by atoms with Gasteiger partial charge in [0.1, 0.15) is 11.5 Å². The maximum absolute atomic E-state index is 11.7. The summed E-state index contributed by atoms with van der Waals surface area (Å²) >= 11 is 0. The Hall–Kier alpha value is -2.50. The molecule has 94 valence electrons. The normalized spacial score (nSPS) is 10.3. The fourth-order valence-electron chi connectivity index (χ4n) is 1.67. The molecule has 2 aromatic rings. The zero-order valence-electron chi connectivity index (χ0n) is 10.2. The Bertz CT molecular complexity index is 673. The number of H-pyrrole nitrogens is 1. The van der Waals surface area contributed by atoms with E-state index >= 15 is 0 Å². The van der Waals surface area contributed by atoms with Crippen molar-refractivity contribution in [2.45, 2.75) is 0 Å². The van der Waals surface area contributed by atoms with E-state index in [0.717, 1.165) is 10.3 Å². The fraction of sp³-hybridized carbons (Fsp3) is 0.167. The van der Waals surface area contributed by atoms with Gasteiger partial charge in [0.2, 0.25) is 0 Å². The highest BCUT2D eigenvalue weighted by Gasteiger charge is 2.13. The number of benzene rings is 1. The highest BCUT2D eigenvalue weighted by Crippen LogP contribution is 2.22. The van der Waals surface area contributed by atoms with Crippen LogP contribution in [-0.4, -0.2) is 16.6 Å². The summed E-state index contributed by atoms with van der Waals surface area (Å²) in [6.45, 7) is 0. The number of anilines is 3. The Balaban J connectivity index is 2.60. The first-order valence-electron chi connectivity index (χ1n) is 5.40. The monoisotopic (exact) mass is 246 g/mol. The van der Waals surface area contributed by atoms with Crippen molar-refractivity contribution in [3.63, 3.8) is 0 Å². The van der Waals surface area contributed by atoms with Crippen LogP contribution < -0.4 is 21.9 Å². The van der Waals surface area contributed by atoms with E-state index in [-0.39, 0.29) is 5.69 Å². The minimum absolute atomic E-state index is 0.0171. The van der Waals surface area contributed by atoms with Crippen LogP contribution in [0.1, 0.15) is 0 Å². The van der Waals surface area contributed by atoms with E-state index in [1.807, 2.05) is 30.3 Å². The van der Waals surface area contributed by atoms with Gasteiger partial charge < -0.3 is 10.6 Å². The molecule has 6 heteroatoms. The molecule has 6 nitrogen and oxygen atoms in total. The summed E-state index contributed by atoms with van der Waals surface area (Å²) in [7, 11) is 3.11. The van der Waals surface area contributed by atoms with E-state index in [1.165, 1.54) is 7.05 Å². The first-order valence-corrected chi connectivity index (χ1v) is 5.40. The number of hydrogen-bond acceptors (Lipinski definition) is 4. The molecule has 0 aliphatic rings. The third kappa shape index (κ3) is 1.88. The second-order valence-electron chi connectivity index (χ2n) is 3.95. The number of nitrogens with zero attached hydrogens (tertiary/aromatic N) is 2. The molecule has 0 radical (unpaired) electrons. The van der Waals surface area contributed by atoms with Crippen molar-refractivity contribution >= 4 is 17.2 Å². The molecule has 2 rings (SSSR count). The summed E-state index contributed by atoms with van der Waals surface area (Å²) in [5, 5.41) is 0. The Labute approximate surface area is 103 Å². The molecular weight excluding hydrogens is 232 g/mol. The molecule has 0 saturated carbocycles. The first kappa shape index (κ1) is 12.0. The fourth-order valence-corrected chi connectivity index (χ4v) is 1.67. The lowest BCUT2D eigenvalue weighted by molar-refractivity contribution is 0.777. The van der Waals surface area contributed by atoms with Crippen molar-refractivity contribution in [3.05, 3.63) is 51.2 Å². The first-order chi connectivity index (χ1) is 8.52. The summed E-state index contributed by atoms with van der Waals surface area (Å²) in [4.78, 5) is 27.6. The van der Waals surface area contributed by atoms with E-state index < -0.39 is 11.2 Å². The molecule has 1 aromatic heterocycles. The highest BCUT2D eigenvalue weighted by atomic mass is 16.2. The molecule has 0 bridgehead atoms. The summed E-state index contributed by atoms with van der Waals surface area (Å²) in [5.41, 5.74) is 5.59. The number of nitrogens with two attached hydrogens (primary N) is 1. The molecule has 3 N–H and O–H groups in total. The Morgan fingerprint density at radius 3 is 2.44 bits per heavy atom. The van der Waals surface area contributed by atoms with E-state index in [0.29, 0.717) is 5.82 Å². The smallest absolute Gasteiger partial charge is 0.329 e. The van der Waals surface area contributed by atoms with Gasteiger partial charge in [0, 0.05) is 19.8 Å². The molecule has 0 amide bonds. The van der Waals surface area contributed by atoms with Crippen molar-refractivity contribution < 1.29 is 0 Å². The number of aromatic amines is 1. The number of nitrogens with one attached hydrogen (secondary N) is 1. The van der Waals surface area contributed by atoms with Crippen LogP contribution in [0.5, 0.6) is 0 Å². The summed E-state index contributed by atoms with van der Waals surface area (Å²) < 4.78 is 0.942. The van der Waals surface area contributed by atoms with Crippen LogP contribution in [0.15, 0.2) is 39.9 Å². The SMILES string of the molecule is CN(c1ccccc1)c1[nH]c(=O)n(C)c(=O)c1N. The van der Waals surface area contributed by atoms with Crippen LogP contribution in [0.3, 0.4) is 0 Å². The van der Waals surface area contributed by atoms with Gasteiger partial charge in [-0.05, 0) is 12.1 Å². The van der Waals surface area contributed by atoms with Gasteiger partial charge in [0.25, 0.3) is 5.56 Å². The third-order valence-electron chi connectivity index (χ3n) is 2.80. The van der Waals surface area contributed by atoms with Crippen LogP contribution in [0, 0.1) is 0 Å². The molecule has 0 spiro atoms. The van der Waals surface area contributed by atoms with Gasteiger partial charge in [-0.1, -0.05) is 18.2 Å². The number of para-hydroxylation sites is 1. The van der Waals surface area contributed by atoms with Gasteiger partial charge in [0.15, 0.2) is 0 Å². The Kier molecular flexibility index (Phi) is 2.93. The Morgan fingerprint density at radius 2 is 1.83 bits per heavy atom. The molecule has 0 atom stereocenters. The maximum atomic E-state index is 11.7. The lowest BCUT2D eigenvalue weighted by atomic mass is 10.3. The van der Waals surface area contributed by atoms with Crippen molar-refractivity contribution in [1.82, 2.24) is 9.55 Å². The molecule has 0 saturated heterocycles. The van der Waals surface area contributed by atoms with Gasteiger partial charge >= 0.3 is 5.69 Å². The molecule has 0 fully saturated rings. The zero-order valence-corrected chi connectivity index (χ0v) is 10.2. The van der Waals surface area contributed by atoms with Crippen molar-refractivity contribution in [1.29, 1.82) is 0 Å². The molecule has 18 heavy (non-hydrogen) atoms.